The van der Waals surface area contributed by atoms with Gasteiger partial charge in [0.2, 0.25) is 0 Å². The molecule has 2 aromatic rings. The third-order valence-electron chi connectivity index (χ3n) is 4.49. The van der Waals surface area contributed by atoms with Gasteiger partial charge in [-0.1, -0.05) is 30.3 Å². The summed E-state index contributed by atoms with van der Waals surface area (Å²) >= 11 is 0. The maximum absolute atomic E-state index is 5.53. The molecule has 0 saturated carbocycles. The lowest BCUT2D eigenvalue weighted by Gasteiger charge is -2.31. The first-order valence-corrected chi connectivity index (χ1v) is 8.61. The first kappa shape index (κ1) is 15.8. The molecule has 0 spiro atoms. The van der Waals surface area contributed by atoms with Crippen molar-refractivity contribution in [3.8, 4) is 0 Å². The van der Waals surface area contributed by atoms with E-state index < -0.39 is 0 Å². The SMILES string of the molecule is C(=N/n1cnnc1)/C1=C(N2CCOCC2)C(=C/c2ccccc2)/CC1. The minimum Gasteiger partial charge on any atom is -0.378 e. The highest BCUT2D eigenvalue weighted by Crippen LogP contribution is 2.34. The zero-order valence-corrected chi connectivity index (χ0v) is 14.1. The number of allylic oxidation sites excluding steroid dienone is 2. The van der Waals surface area contributed by atoms with Crippen molar-refractivity contribution >= 4 is 12.3 Å². The molecule has 1 aliphatic carbocycles. The lowest BCUT2D eigenvalue weighted by molar-refractivity contribution is 0.0548. The summed E-state index contributed by atoms with van der Waals surface area (Å²) in [5.41, 5.74) is 5.18. The van der Waals surface area contributed by atoms with Crippen molar-refractivity contribution in [2.45, 2.75) is 12.8 Å². The fourth-order valence-corrected chi connectivity index (χ4v) is 3.31. The molecule has 25 heavy (non-hydrogen) atoms. The summed E-state index contributed by atoms with van der Waals surface area (Å²) in [6, 6.07) is 10.5. The first-order valence-electron chi connectivity index (χ1n) is 8.61. The van der Waals surface area contributed by atoms with Crippen molar-refractivity contribution in [2.24, 2.45) is 5.10 Å². The molecule has 4 rings (SSSR count). The van der Waals surface area contributed by atoms with Gasteiger partial charge >= 0.3 is 0 Å². The largest absolute Gasteiger partial charge is 0.378 e. The maximum Gasteiger partial charge on any atom is 0.141 e. The lowest BCUT2D eigenvalue weighted by atomic mass is 10.1. The average Bonchev–Trinajstić information content (AvgIpc) is 3.31. The Morgan fingerprint density at radius 3 is 2.52 bits per heavy atom. The summed E-state index contributed by atoms with van der Waals surface area (Å²) in [5, 5.41) is 12.0. The topological polar surface area (TPSA) is 55.5 Å². The standard InChI is InChI=1S/C19H21N5O/c1-2-4-16(5-3-1)12-17-6-7-18(13-22-24-14-20-21-15-24)19(17)23-8-10-25-11-9-23/h1-5,12-15H,6-11H2/b17-12+,22-13-. The first-order chi connectivity index (χ1) is 12.4. The third-order valence-corrected chi connectivity index (χ3v) is 4.49. The summed E-state index contributed by atoms with van der Waals surface area (Å²) in [4.78, 5) is 2.43. The molecule has 0 N–H and O–H groups in total. The van der Waals surface area contributed by atoms with Crippen LogP contribution in [0.15, 0.2) is 64.9 Å². The predicted molar refractivity (Wildman–Crippen MR) is 97.0 cm³/mol. The van der Waals surface area contributed by atoms with Crippen molar-refractivity contribution in [1.82, 2.24) is 19.8 Å². The van der Waals surface area contributed by atoms with Gasteiger partial charge in [-0.3, -0.25) is 0 Å². The van der Waals surface area contributed by atoms with E-state index in [0.29, 0.717) is 0 Å². The summed E-state index contributed by atoms with van der Waals surface area (Å²) in [6.45, 7) is 3.40. The number of rotatable bonds is 4. The highest BCUT2D eigenvalue weighted by Gasteiger charge is 2.25. The zero-order chi connectivity index (χ0) is 16.9. The van der Waals surface area contributed by atoms with Crippen LogP contribution in [0.2, 0.25) is 0 Å². The van der Waals surface area contributed by atoms with Crippen LogP contribution in [-0.4, -0.2) is 52.3 Å². The molecule has 1 aliphatic heterocycles. The van der Waals surface area contributed by atoms with Crippen LogP contribution >= 0.6 is 0 Å². The number of aromatic nitrogens is 3. The fraction of sp³-hybridized carbons (Fsp3) is 0.316. The molecule has 1 aromatic carbocycles. The summed E-state index contributed by atoms with van der Waals surface area (Å²) in [6.07, 6.45) is 9.47. The van der Waals surface area contributed by atoms with Crippen LogP contribution < -0.4 is 0 Å². The molecule has 128 valence electrons. The fourth-order valence-electron chi connectivity index (χ4n) is 3.31. The van der Waals surface area contributed by atoms with Crippen molar-refractivity contribution in [2.75, 3.05) is 26.3 Å². The summed E-state index contributed by atoms with van der Waals surface area (Å²) in [7, 11) is 0. The second kappa shape index (κ2) is 7.44. The quantitative estimate of drug-likeness (QED) is 0.806. The molecule has 0 unspecified atom stereocenters. The van der Waals surface area contributed by atoms with Gasteiger partial charge in [-0.25, -0.2) is 4.68 Å². The van der Waals surface area contributed by atoms with Crippen LogP contribution in [0, 0.1) is 0 Å². The van der Waals surface area contributed by atoms with Gasteiger partial charge in [0.1, 0.15) is 12.7 Å². The molecule has 1 fully saturated rings. The number of benzene rings is 1. The Hall–Kier alpha value is -2.73. The van der Waals surface area contributed by atoms with Crippen molar-refractivity contribution < 1.29 is 4.74 Å². The van der Waals surface area contributed by atoms with Crippen LogP contribution in [-0.2, 0) is 4.74 Å². The monoisotopic (exact) mass is 335 g/mol. The normalized spacial score (nSPS) is 20.2. The van der Waals surface area contributed by atoms with Crippen LogP contribution in [0.1, 0.15) is 18.4 Å². The van der Waals surface area contributed by atoms with Gasteiger partial charge in [0, 0.05) is 18.8 Å². The molecule has 0 amide bonds. The molecule has 6 nitrogen and oxygen atoms in total. The Kier molecular flexibility index (Phi) is 4.70. The highest BCUT2D eigenvalue weighted by molar-refractivity contribution is 5.83. The molecule has 2 heterocycles. The van der Waals surface area contributed by atoms with Crippen molar-refractivity contribution in [3.63, 3.8) is 0 Å². The number of morpholine rings is 1. The summed E-state index contributed by atoms with van der Waals surface area (Å²) in [5.74, 6) is 0. The Bertz CT molecular complexity index is 786. The van der Waals surface area contributed by atoms with Gasteiger partial charge in [0.05, 0.1) is 19.4 Å². The van der Waals surface area contributed by atoms with Crippen LogP contribution in [0.4, 0.5) is 0 Å². The molecule has 1 saturated heterocycles. The number of ether oxygens (including phenoxy) is 1. The van der Waals surface area contributed by atoms with Gasteiger partial charge in [-0.15, -0.1) is 10.2 Å². The molecular formula is C19H21N5O. The number of hydrogen-bond donors (Lipinski definition) is 0. The van der Waals surface area contributed by atoms with Gasteiger partial charge in [0.15, 0.2) is 0 Å². The highest BCUT2D eigenvalue weighted by atomic mass is 16.5. The van der Waals surface area contributed by atoms with Gasteiger partial charge in [0.25, 0.3) is 0 Å². The minimum absolute atomic E-state index is 0.776. The van der Waals surface area contributed by atoms with Crippen molar-refractivity contribution in [1.29, 1.82) is 0 Å². The third kappa shape index (κ3) is 3.69. The van der Waals surface area contributed by atoms with E-state index in [0.717, 1.165) is 39.1 Å². The maximum atomic E-state index is 5.53. The van der Waals surface area contributed by atoms with E-state index >= 15 is 0 Å². The summed E-state index contributed by atoms with van der Waals surface area (Å²) < 4.78 is 7.16. The average molecular weight is 335 g/mol. The molecule has 2 aliphatic rings. The van der Waals surface area contributed by atoms with Gasteiger partial charge in [-0.2, -0.15) is 5.10 Å². The molecular weight excluding hydrogens is 314 g/mol. The van der Waals surface area contributed by atoms with Gasteiger partial charge < -0.3 is 9.64 Å². The van der Waals surface area contributed by atoms with E-state index in [4.69, 9.17) is 4.74 Å². The van der Waals surface area contributed by atoms with Gasteiger partial charge in [-0.05, 0) is 35.6 Å². The van der Waals surface area contributed by atoms with Crippen molar-refractivity contribution in [3.05, 3.63) is 65.4 Å². The van der Waals surface area contributed by atoms with E-state index in [2.05, 4.69) is 50.5 Å². The van der Waals surface area contributed by atoms with E-state index in [-0.39, 0.29) is 0 Å². The Balaban J connectivity index is 1.68. The predicted octanol–water partition coefficient (Wildman–Crippen LogP) is 2.58. The van der Waals surface area contributed by atoms with Crippen LogP contribution in [0.3, 0.4) is 0 Å². The molecule has 0 bridgehead atoms. The minimum atomic E-state index is 0.776. The molecule has 0 atom stereocenters. The Morgan fingerprint density at radius 1 is 1.00 bits per heavy atom. The van der Waals surface area contributed by atoms with E-state index in [9.17, 15) is 0 Å². The Morgan fingerprint density at radius 2 is 1.76 bits per heavy atom. The van der Waals surface area contributed by atoms with Crippen LogP contribution in [0.25, 0.3) is 6.08 Å². The van der Waals surface area contributed by atoms with Crippen LogP contribution in [0.5, 0.6) is 0 Å². The molecule has 1 aromatic heterocycles. The number of nitrogens with zero attached hydrogens (tertiary/aromatic N) is 5. The Labute approximate surface area is 147 Å². The van der Waals surface area contributed by atoms with E-state index in [1.54, 1.807) is 17.3 Å². The molecule has 0 radical (unpaired) electrons. The van der Waals surface area contributed by atoms with E-state index in [1.165, 1.54) is 22.4 Å². The zero-order valence-electron chi connectivity index (χ0n) is 14.1. The molecule has 6 heteroatoms. The second-order valence-corrected chi connectivity index (χ2v) is 6.14. The smallest absolute Gasteiger partial charge is 0.141 e. The number of hydrogen-bond acceptors (Lipinski definition) is 5. The van der Waals surface area contributed by atoms with E-state index in [1.807, 2.05) is 12.3 Å². The lowest BCUT2D eigenvalue weighted by Crippen LogP contribution is -2.36. The second-order valence-electron chi connectivity index (χ2n) is 6.14.